The van der Waals surface area contributed by atoms with Gasteiger partial charge < -0.3 is 23.5 Å². The molecule has 0 spiro atoms. The first-order chi connectivity index (χ1) is 14.6. The Kier molecular flexibility index (Phi) is 7.30. The highest BCUT2D eigenvalue weighted by atomic mass is 35.5. The van der Waals surface area contributed by atoms with Crippen LogP contribution in [0.5, 0.6) is 17.2 Å². The molecular formula is C23H27ClN2O5. The normalized spacial score (nSPS) is 14.2. The molecule has 0 N–H and O–H groups in total. The van der Waals surface area contributed by atoms with Crippen LogP contribution in [0.1, 0.15) is 16.1 Å². The minimum atomic E-state index is -0.0568. The van der Waals surface area contributed by atoms with Crippen LogP contribution in [-0.2, 0) is 6.54 Å². The second kappa shape index (κ2) is 9.94. The molecule has 3 aromatic rings. The first-order valence-corrected chi connectivity index (χ1v) is 9.92. The van der Waals surface area contributed by atoms with Gasteiger partial charge in [-0.1, -0.05) is 18.2 Å². The number of carbonyl (C=O) groups is 1. The largest absolute Gasteiger partial charge is 0.493 e. The second-order valence-electron chi connectivity index (χ2n) is 7.25. The van der Waals surface area contributed by atoms with Crippen molar-refractivity contribution in [3.8, 4) is 17.2 Å². The van der Waals surface area contributed by atoms with Gasteiger partial charge in [0.2, 0.25) is 5.75 Å². The summed E-state index contributed by atoms with van der Waals surface area (Å²) in [6.07, 6.45) is 0. The molecule has 1 aliphatic rings. The Bertz CT molecular complexity index is 985. The number of halogens is 1. The van der Waals surface area contributed by atoms with Crippen molar-refractivity contribution >= 4 is 29.3 Å². The molecular weight excluding hydrogens is 420 g/mol. The van der Waals surface area contributed by atoms with Gasteiger partial charge in [-0.25, -0.2) is 0 Å². The summed E-state index contributed by atoms with van der Waals surface area (Å²) in [5.41, 5.74) is 1.81. The van der Waals surface area contributed by atoms with Crippen LogP contribution in [0, 0.1) is 0 Å². The minimum absolute atomic E-state index is 0. The number of carbonyl (C=O) groups excluding carboxylic acids is 1. The lowest BCUT2D eigenvalue weighted by molar-refractivity contribution is 0.0600. The molecule has 8 heteroatoms. The van der Waals surface area contributed by atoms with E-state index in [2.05, 4.69) is 4.90 Å². The molecule has 0 saturated carbocycles. The predicted molar refractivity (Wildman–Crippen MR) is 121 cm³/mol. The van der Waals surface area contributed by atoms with Crippen molar-refractivity contribution in [1.29, 1.82) is 0 Å². The fraction of sp³-hybridized carbons (Fsp3) is 0.348. The van der Waals surface area contributed by atoms with Crippen LogP contribution in [0.3, 0.4) is 0 Å². The van der Waals surface area contributed by atoms with E-state index in [9.17, 15) is 4.79 Å². The van der Waals surface area contributed by atoms with E-state index < -0.39 is 0 Å². The van der Waals surface area contributed by atoms with Gasteiger partial charge in [-0.05, 0) is 29.8 Å². The number of hydrogen-bond acceptors (Lipinski definition) is 6. The van der Waals surface area contributed by atoms with E-state index in [0.29, 0.717) is 36.1 Å². The van der Waals surface area contributed by atoms with Crippen LogP contribution in [-0.4, -0.2) is 63.2 Å². The number of amides is 1. The van der Waals surface area contributed by atoms with E-state index >= 15 is 0 Å². The van der Waals surface area contributed by atoms with Crippen molar-refractivity contribution in [3.05, 3.63) is 53.8 Å². The quantitative estimate of drug-likeness (QED) is 0.573. The first-order valence-electron chi connectivity index (χ1n) is 9.92. The molecule has 31 heavy (non-hydrogen) atoms. The lowest BCUT2D eigenvalue weighted by Crippen LogP contribution is -2.48. The summed E-state index contributed by atoms with van der Waals surface area (Å²) < 4.78 is 22.0. The number of fused-ring (bicyclic) bond motifs is 1. The summed E-state index contributed by atoms with van der Waals surface area (Å²) >= 11 is 0. The lowest BCUT2D eigenvalue weighted by Gasteiger charge is -2.34. The van der Waals surface area contributed by atoms with E-state index in [1.807, 2.05) is 47.4 Å². The van der Waals surface area contributed by atoms with E-state index in [1.54, 1.807) is 21.3 Å². The number of rotatable bonds is 6. The number of hydrogen-bond donors (Lipinski definition) is 0. The smallest absolute Gasteiger partial charge is 0.289 e. The maximum absolute atomic E-state index is 12.8. The highest BCUT2D eigenvalue weighted by Gasteiger charge is 2.25. The fourth-order valence-electron chi connectivity index (χ4n) is 3.84. The predicted octanol–water partition coefficient (Wildman–Crippen LogP) is 3.84. The zero-order valence-corrected chi connectivity index (χ0v) is 18.7. The zero-order valence-electron chi connectivity index (χ0n) is 17.9. The summed E-state index contributed by atoms with van der Waals surface area (Å²) in [7, 11) is 4.82. The van der Waals surface area contributed by atoms with Gasteiger partial charge in [-0.2, -0.15) is 0 Å². The number of nitrogens with zero attached hydrogens (tertiary/aromatic N) is 2. The fourth-order valence-corrected chi connectivity index (χ4v) is 3.84. The molecule has 2 heterocycles. The number of furan rings is 1. The van der Waals surface area contributed by atoms with Gasteiger partial charge in [0.1, 0.15) is 5.58 Å². The first kappa shape index (κ1) is 22.8. The van der Waals surface area contributed by atoms with E-state index in [4.69, 9.17) is 18.6 Å². The average molecular weight is 447 g/mol. The van der Waals surface area contributed by atoms with Gasteiger partial charge in [-0.15, -0.1) is 12.4 Å². The van der Waals surface area contributed by atoms with E-state index in [1.165, 1.54) is 0 Å². The summed E-state index contributed by atoms with van der Waals surface area (Å²) in [6, 6.07) is 13.4. The van der Waals surface area contributed by atoms with Gasteiger partial charge in [-0.3, -0.25) is 9.69 Å². The maximum Gasteiger partial charge on any atom is 0.289 e. The Morgan fingerprint density at radius 1 is 0.935 bits per heavy atom. The van der Waals surface area contributed by atoms with Gasteiger partial charge in [0.05, 0.1) is 21.3 Å². The summed E-state index contributed by atoms with van der Waals surface area (Å²) in [4.78, 5) is 17.0. The Morgan fingerprint density at radius 3 is 2.16 bits per heavy atom. The van der Waals surface area contributed by atoms with E-state index in [0.717, 1.165) is 36.2 Å². The molecule has 1 aromatic heterocycles. The zero-order chi connectivity index (χ0) is 21.1. The van der Waals surface area contributed by atoms with Crippen LogP contribution in [0.4, 0.5) is 0 Å². The Balaban J connectivity index is 0.00000272. The number of para-hydroxylation sites is 1. The number of methoxy groups -OCH3 is 3. The molecule has 2 aromatic carbocycles. The second-order valence-corrected chi connectivity index (χ2v) is 7.25. The Labute approximate surface area is 187 Å². The van der Waals surface area contributed by atoms with Crippen molar-refractivity contribution in [1.82, 2.24) is 9.80 Å². The van der Waals surface area contributed by atoms with Crippen molar-refractivity contribution in [2.45, 2.75) is 6.54 Å². The van der Waals surface area contributed by atoms with Crippen LogP contribution in [0.15, 0.2) is 46.9 Å². The number of benzene rings is 2. The third-order valence-electron chi connectivity index (χ3n) is 5.43. The van der Waals surface area contributed by atoms with Crippen molar-refractivity contribution < 1.29 is 23.4 Å². The van der Waals surface area contributed by atoms with Gasteiger partial charge in [0, 0.05) is 38.1 Å². The standard InChI is InChI=1S/C23H26N2O5.ClH/c1-27-19-12-16(13-20(28-2)22(19)29-3)15-24-8-10-25(11-9-24)23(26)21-14-17-6-4-5-7-18(17)30-21;/h4-7,12-14H,8-11,15H2,1-3H3;1H. The molecule has 166 valence electrons. The monoisotopic (exact) mass is 446 g/mol. The number of ether oxygens (including phenoxy) is 3. The van der Waals surface area contributed by atoms with Crippen LogP contribution in [0.2, 0.25) is 0 Å². The average Bonchev–Trinajstić information content (AvgIpc) is 3.22. The molecule has 1 amide bonds. The number of piperazine rings is 1. The van der Waals surface area contributed by atoms with Crippen molar-refractivity contribution in [2.75, 3.05) is 47.5 Å². The topological polar surface area (TPSA) is 64.4 Å². The maximum atomic E-state index is 12.8. The minimum Gasteiger partial charge on any atom is -0.493 e. The van der Waals surface area contributed by atoms with E-state index in [-0.39, 0.29) is 18.3 Å². The molecule has 7 nitrogen and oxygen atoms in total. The van der Waals surface area contributed by atoms with Crippen LogP contribution < -0.4 is 14.2 Å². The summed E-state index contributed by atoms with van der Waals surface area (Å²) in [5.74, 6) is 2.22. The third-order valence-corrected chi connectivity index (χ3v) is 5.43. The Morgan fingerprint density at radius 2 is 1.58 bits per heavy atom. The highest BCUT2D eigenvalue weighted by molar-refractivity contribution is 5.96. The molecule has 4 rings (SSSR count). The third kappa shape index (κ3) is 4.73. The van der Waals surface area contributed by atoms with Crippen molar-refractivity contribution in [2.24, 2.45) is 0 Å². The summed E-state index contributed by atoms with van der Waals surface area (Å²) in [5, 5.41) is 0.946. The molecule has 0 aliphatic carbocycles. The molecule has 1 saturated heterocycles. The van der Waals surface area contributed by atoms with Gasteiger partial charge >= 0.3 is 0 Å². The highest BCUT2D eigenvalue weighted by Crippen LogP contribution is 2.38. The molecule has 0 unspecified atom stereocenters. The molecule has 1 fully saturated rings. The SMILES string of the molecule is COc1cc(CN2CCN(C(=O)c3cc4ccccc4o3)CC2)cc(OC)c1OC.Cl. The molecule has 0 atom stereocenters. The Hall–Kier alpha value is -2.90. The summed E-state index contributed by atoms with van der Waals surface area (Å²) in [6.45, 7) is 3.61. The molecule has 0 radical (unpaired) electrons. The lowest BCUT2D eigenvalue weighted by atomic mass is 10.1. The van der Waals surface area contributed by atoms with Crippen molar-refractivity contribution in [3.63, 3.8) is 0 Å². The molecule has 1 aliphatic heterocycles. The molecule has 0 bridgehead atoms. The van der Waals surface area contributed by atoms with Crippen LogP contribution >= 0.6 is 12.4 Å². The van der Waals surface area contributed by atoms with Crippen LogP contribution in [0.25, 0.3) is 11.0 Å². The van der Waals surface area contributed by atoms with Gasteiger partial charge in [0.15, 0.2) is 17.3 Å². The van der Waals surface area contributed by atoms with Gasteiger partial charge in [0.25, 0.3) is 5.91 Å².